The second-order valence-corrected chi connectivity index (χ2v) is 5.38. The summed E-state index contributed by atoms with van der Waals surface area (Å²) >= 11 is 0. The number of hydrogen-bond donors (Lipinski definition) is 3. The van der Waals surface area contributed by atoms with E-state index in [2.05, 4.69) is 0 Å². The zero-order chi connectivity index (χ0) is 15.5. The highest BCUT2D eigenvalue weighted by Gasteiger charge is 2.30. The number of amides is 1. The number of halogens is 2. The third-order valence-electron chi connectivity index (χ3n) is 2.19. The van der Waals surface area contributed by atoms with Crippen LogP contribution in [0, 0.1) is 11.6 Å². The van der Waals surface area contributed by atoms with Crippen molar-refractivity contribution >= 4 is 21.9 Å². The van der Waals surface area contributed by atoms with Gasteiger partial charge < -0.3 is 10.8 Å². The third kappa shape index (κ3) is 3.71. The fourth-order valence-electron chi connectivity index (χ4n) is 1.37. The summed E-state index contributed by atoms with van der Waals surface area (Å²) in [5, 5.41) is 8.75. The summed E-state index contributed by atoms with van der Waals surface area (Å²) in [5.74, 6) is -5.57. The largest absolute Gasteiger partial charge is 0.480 e. The Hall–Kier alpha value is -2.07. The Bertz CT molecular complexity index is 627. The molecule has 0 fully saturated rings. The maximum atomic E-state index is 13.4. The van der Waals surface area contributed by atoms with Crippen molar-refractivity contribution < 1.29 is 31.9 Å². The Kier molecular flexibility index (Phi) is 4.73. The standard InChI is InChI=1S/C10H10F2N2O5S/c11-5-2-1-3-6(12)9(5)20(18,19)14-7(10(16)17)4-8(13)15/h1-3,7,14H,4H2,(H2,13,15)(H,16,17)/t7-/m1/s1. The summed E-state index contributed by atoms with van der Waals surface area (Å²) in [6, 6.07) is 0.418. The first-order chi connectivity index (χ1) is 9.15. The minimum absolute atomic E-state index is 0.696. The van der Waals surface area contributed by atoms with E-state index in [-0.39, 0.29) is 0 Å². The van der Waals surface area contributed by atoms with Crippen LogP contribution in [0.5, 0.6) is 0 Å². The Morgan fingerprint density at radius 1 is 1.30 bits per heavy atom. The van der Waals surface area contributed by atoms with Crippen molar-refractivity contribution in [3.63, 3.8) is 0 Å². The van der Waals surface area contributed by atoms with Gasteiger partial charge in [-0.2, -0.15) is 4.72 Å². The van der Waals surface area contributed by atoms with Crippen LogP contribution in [0.1, 0.15) is 6.42 Å². The van der Waals surface area contributed by atoms with Gasteiger partial charge in [0, 0.05) is 0 Å². The van der Waals surface area contributed by atoms with E-state index in [0.717, 1.165) is 6.07 Å². The monoisotopic (exact) mass is 308 g/mol. The number of carbonyl (C=O) groups is 2. The number of carbonyl (C=O) groups excluding carboxylic acids is 1. The molecule has 1 atom stereocenters. The molecular weight excluding hydrogens is 298 g/mol. The normalized spacial score (nSPS) is 12.9. The number of carboxylic acid groups (broad SMARTS) is 1. The van der Waals surface area contributed by atoms with Crippen LogP contribution >= 0.6 is 0 Å². The van der Waals surface area contributed by atoms with Gasteiger partial charge in [0.05, 0.1) is 6.42 Å². The molecular formula is C10H10F2N2O5S. The molecule has 0 bridgehead atoms. The van der Waals surface area contributed by atoms with E-state index >= 15 is 0 Å². The summed E-state index contributed by atoms with van der Waals surface area (Å²) in [4.78, 5) is 20.1. The van der Waals surface area contributed by atoms with Gasteiger partial charge in [-0.3, -0.25) is 9.59 Å². The Labute approximate surface area is 112 Å². The summed E-state index contributed by atoms with van der Waals surface area (Å²) in [6.07, 6.45) is -0.857. The van der Waals surface area contributed by atoms with Crippen LogP contribution in [0.4, 0.5) is 8.78 Å². The maximum absolute atomic E-state index is 13.4. The van der Waals surface area contributed by atoms with E-state index in [1.54, 1.807) is 0 Å². The van der Waals surface area contributed by atoms with E-state index in [4.69, 9.17) is 10.8 Å². The quantitative estimate of drug-likeness (QED) is 0.657. The number of carboxylic acids is 1. The van der Waals surface area contributed by atoms with E-state index < -0.39 is 50.9 Å². The molecule has 0 heterocycles. The number of primary amides is 1. The molecule has 1 rings (SSSR count). The molecule has 0 unspecified atom stereocenters. The summed E-state index contributed by atoms with van der Waals surface area (Å²) in [5.41, 5.74) is 4.76. The van der Waals surface area contributed by atoms with Crippen LogP contribution in [-0.4, -0.2) is 31.4 Å². The minimum Gasteiger partial charge on any atom is -0.480 e. The Morgan fingerprint density at radius 2 is 1.80 bits per heavy atom. The smallest absolute Gasteiger partial charge is 0.322 e. The predicted molar refractivity (Wildman–Crippen MR) is 61.9 cm³/mol. The van der Waals surface area contributed by atoms with Gasteiger partial charge in [0.1, 0.15) is 17.7 Å². The van der Waals surface area contributed by atoms with Gasteiger partial charge in [-0.15, -0.1) is 0 Å². The zero-order valence-corrected chi connectivity index (χ0v) is 10.7. The third-order valence-corrected chi connectivity index (χ3v) is 3.71. The molecule has 0 saturated carbocycles. The second kappa shape index (κ2) is 5.92. The lowest BCUT2D eigenvalue weighted by Crippen LogP contribution is -2.43. The lowest BCUT2D eigenvalue weighted by atomic mass is 10.2. The first-order valence-corrected chi connectivity index (χ1v) is 6.61. The SMILES string of the molecule is NC(=O)C[C@@H](NS(=O)(=O)c1c(F)cccc1F)C(=O)O. The number of aliphatic carboxylic acids is 1. The fourth-order valence-corrected chi connectivity index (χ4v) is 2.69. The summed E-state index contributed by atoms with van der Waals surface area (Å²) < 4.78 is 51.8. The van der Waals surface area contributed by atoms with E-state index in [1.165, 1.54) is 4.72 Å². The maximum Gasteiger partial charge on any atom is 0.322 e. The fraction of sp³-hybridized carbons (Fsp3) is 0.200. The lowest BCUT2D eigenvalue weighted by Gasteiger charge is -2.14. The molecule has 1 aromatic carbocycles. The molecule has 7 nitrogen and oxygen atoms in total. The van der Waals surface area contributed by atoms with Gasteiger partial charge in [0.25, 0.3) is 0 Å². The number of nitrogens with one attached hydrogen (secondary N) is 1. The van der Waals surface area contributed by atoms with Crippen molar-refractivity contribution in [2.75, 3.05) is 0 Å². The van der Waals surface area contributed by atoms with Crippen molar-refractivity contribution in [3.8, 4) is 0 Å². The van der Waals surface area contributed by atoms with Crippen LogP contribution in [0.2, 0.25) is 0 Å². The predicted octanol–water partition coefficient (Wildman–Crippen LogP) is -0.428. The van der Waals surface area contributed by atoms with E-state index in [1.807, 2.05) is 0 Å². The average Bonchev–Trinajstić information content (AvgIpc) is 2.26. The number of nitrogens with two attached hydrogens (primary N) is 1. The zero-order valence-electron chi connectivity index (χ0n) is 9.84. The molecule has 0 aliphatic rings. The number of sulfonamides is 1. The second-order valence-electron chi connectivity index (χ2n) is 3.73. The van der Waals surface area contributed by atoms with Crippen molar-refractivity contribution in [1.82, 2.24) is 4.72 Å². The first kappa shape index (κ1) is 16.0. The molecule has 0 radical (unpaired) electrons. The molecule has 110 valence electrons. The van der Waals surface area contributed by atoms with Gasteiger partial charge in [0.2, 0.25) is 15.9 Å². The minimum atomic E-state index is -4.80. The Balaban J connectivity index is 3.17. The number of hydrogen-bond acceptors (Lipinski definition) is 4. The summed E-state index contributed by atoms with van der Waals surface area (Å²) in [6.45, 7) is 0. The van der Waals surface area contributed by atoms with Crippen molar-refractivity contribution in [3.05, 3.63) is 29.8 Å². The highest BCUT2D eigenvalue weighted by Crippen LogP contribution is 2.18. The molecule has 1 amide bonds. The van der Waals surface area contributed by atoms with Gasteiger partial charge in [-0.1, -0.05) is 6.07 Å². The molecule has 0 spiro atoms. The van der Waals surface area contributed by atoms with Crippen LogP contribution in [0.15, 0.2) is 23.1 Å². The van der Waals surface area contributed by atoms with Crippen molar-refractivity contribution in [1.29, 1.82) is 0 Å². The molecule has 10 heteroatoms. The molecule has 1 aromatic rings. The molecule has 20 heavy (non-hydrogen) atoms. The lowest BCUT2D eigenvalue weighted by molar-refractivity contribution is -0.140. The van der Waals surface area contributed by atoms with Gasteiger partial charge >= 0.3 is 5.97 Å². The van der Waals surface area contributed by atoms with Gasteiger partial charge in [0.15, 0.2) is 4.90 Å². The molecule has 0 aliphatic carbocycles. The topological polar surface area (TPSA) is 127 Å². The molecule has 0 aromatic heterocycles. The molecule has 4 N–H and O–H groups in total. The van der Waals surface area contributed by atoms with Crippen LogP contribution in [-0.2, 0) is 19.6 Å². The van der Waals surface area contributed by atoms with E-state index in [0.29, 0.717) is 12.1 Å². The van der Waals surface area contributed by atoms with E-state index in [9.17, 15) is 26.8 Å². The highest BCUT2D eigenvalue weighted by molar-refractivity contribution is 7.89. The molecule has 0 saturated heterocycles. The first-order valence-electron chi connectivity index (χ1n) is 5.12. The van der Waals surface area contributed by atoms with Crippen LogP contribution < -0.4 is 10.5 Å². The number of benzene rings is 1. The Morgan fingerprint density at radius 3 is 2.20 bits per heavy atom. The summed E-state index contributed by atoms with van der Waals surface area (Å²) in [7, 11) is -4.80. The average molecular weight is 308 g/mol. The van der Waals surface area contributed by atoms with Gasteiger partial charge in [-0.25, -0.2) is 17.2 Å². The van der Waals surface area contributed by atoms with Crippen LogP contribution in [0.25, 0.3) is 0 Å². The molecule has 0 aliphatic heterocycles. The van der Waals surface area contributed by atoms with Gasteiger partial charge in [-0.05, 0) is 12.1 Å². The van der Waals surface area contributed by atoms with Crippen molar-refractivity contribution in [2.24, 2.45) is 5.73 Å². The van der Waals surface area contributed by atoms with Crippen LogP contribution in [0.3, 0.4) is 0 Å². The highest BCUT2D eigenvalue weighted by atomic mass is 32.2. The number of rotatable bonds is 6. The van der Waals surface area contributed by atoms with Crippen molar-refractivity contribution in [2.45, 2.75) is 17.4 Å².